The summed E-state index contributed by atoms with van der Waals surface area (Å²) in [6.07, 6.45) is -1.21. The first-order chi connectivity index (χ1) is 12.9. The number of esters is 1. The number of carbonyl (C=O) groups excluding carboxylic acids is 2. The summed E-state index contributed by atoms with van der Waals surface area (Å²) in [5, 5.41) is 11.4. The van der Waals surface area contributed by atoms with Gasteiger partial charge in [0.2, 0.25) is 6.10 Å². The maximum atomic E-state index is 12.8. The van der Waals surface area contributed by atoms with E-state index < -0.39 is 28.6 Å². The standard InChI is InChI=1S/C19H19ClN2O5/c1-3-21(4-2)18(23)17(13-8-6-5-7-9-13)27-19(24)15-12-14(20)10-11-16(15)22(25)26/h5-12,17H,3-4H2,1-2H3/t17-/m1/s1. The molecule has 2 rings (SSSR count). The number of hydrogen-bond acceptors (Lipinski definition) is 5. The zero-order chi connectivity index (χ0) is 20.0. The number of nitrogens with zero attached hydrogens (tertiary/aromatic N) is 2. The number of nitro groups is 1. The third-order valence-corrected chi connectivity index (χ3v) is 4.24. The van der Waals surface area contributed by atoms with Gasteiger partial charge in [-0.25, -0.2) is 4.79 Å². The zero-order valence-corrected chi connectivity index (χ0v) is 15.7. The first-order valence-corrected chi connectivity index (χ1v) is 8.75. The molecule has 0 aliphatic rings. The Morgan fingerprint density at radius 2 is 1.78 bits per heavy atom. The van der Waals surface area contributed by atoms with Crippen LogP contribution in [0.5, 0.6) is 0 Å². The molecule has 0 aromatic heterocycles. The second-order valence-corrected chi connectivity index (χ2v) is 6.06. The van der Waals surface area contributed by atoms with E-state index in [1.807, 2.05) is 13.8 Å². The molecule has 0 N–H and O–H groups in total. The van der Waals surface area contributed by atoms with Crippen LogP contribution in [0.4, 0.5) is 5.69 Å². The van der Waals surface area contributed by atoms with Crippen molar-refractivity contribution >= 4 is 29.2 Å². The molecule has 1 amide bonds. The van der Waals surface area contributed by atoms with Gasteiger partial charge in [0.15, 0.2) is 0 Å². The van der Waals surface area contributed by atoms with E-state index in [1.54, 1.807) is 30.3 Å². The summed E-state index contributed by atoms with van der Waals surface area (Å²) in [7, 11) is 0. The molecule has 0 fully saturated rings. The van der Waals surface area contributed by atoms with Crippen LogP contribution >= 0.6 is 11.6 Å². The Hall–Kier alpha value is -2.93. The molecular weight excluding hydrogens is 372 g/mol. The van der Waals surface area contributed by atoms with Gasteiger partial charge in [-0.05, 0) is 26.0 Å². The van der Waals surface area contributed by atoms with Crippen LogP contribution in [0.2, 0.25) is 5.02 Å². The van der Waals surface area contributed by atoms with Crippen LogP contribution in [0, 0.1) is 10.1 Å². The Morgan fingerprint density at radius 1 is 1.15 bits per heavy atom. The number of likely N-dealkylation sites (N-methyl/N-ethyl adjacent to an activating group) is 1. The molecule has 1 atom stereocenters. The third kappa shape index (κ3) is 4.83. The average Bonchev–Trinajstić information content (AvgIpc) is 2.67. The Kier molecular flexibility index (Phi) is 6.90. The van der Waals surface area contributed by atoms with E-state index in [9.17, 15) is 19.7 Å². The van der Waals surface area contributed by atoms with Crippen molar-refractivity contribution in [2.75, 3.05) is 13.1 Å². The van der Waals surface area contributed by atoms with Crippen molar-refractivity contribution in [3.05, 3.63) is 74.8 Å². The Morgan fingerprint density at radius 3 is 2.33 bits per heavy atom. The smallest absolute Gasteiger partial charge is 0.346 e. The summed E-state index contributed by atoms with van der Waals surface area (Å²) in [5.74, 6) is -1.39. The van der Waals surface area contributed by atoms with Gasteiger partial charge in [0.1, 0.15) is 5.56 Å². The summed E-state index contributed by atoms with van der Waals surface area (Å²) in [4.78, 5) is 37.5. The largest absolute Gasteiger partial charge is 0.443 e. The monoisotopic (exact) mass is 390 g/mol. The predicted molar refractivity (Wildman–Crippen MR) is 101 cm³/mol. The molecule has 142 valence electrons. The van der Waals surface area contributed by atoms with E-state index >= 15 is 0 Å². The molecule has 2 aromatic carbocycles. The fraction of sp³-hybridized carbons (Fsp3) is 0.263. The highest BCUT2D eigenvalue weighted by Gasteiger charge is 2.31. The Balaban J connectivity index is 2.41. The molecule has 0 heterocycles. The van der Waals surface area contributed by atoms with Gasteiger partial charge in [0.25, 0.3) is 11.6 Å². The average molecular weight is 391 g/mol. The number of halogens is 1. The number of nitro benzene ring substituents is 1. The first-order valence-electron chi connectivity index (χ1n) is 8.37. The summed E-state index contributed by atoms with van der Waals surface area (Å²) >= 11 is 5.87. The SMILES string of the molecule is CCN(CC)C(=O)[C@H](OC(=O)c1cc(Cl)ccc1[N+](=O)[O-])c1ccccc1. The van der Waals surface area contributed by atoms with Gasteiger partial charge in [-0.2, -0.15) is 0 Å². The lowest BCUT2D eigenvalue weighted by atomic mass is 10.1. The van der Waals surface area contributed by atoms with Gasteiger partial charge < -0.3 is 9.64 Å². The van der Waals surface area contributed by atoms with Crippen LogP contribution in [0.1, 0.15) is 35.9 Å². The molecule has 2 aromatic rings. The Bertz CT molecular complexity index is 837. The molecule has 27 heavy (non-hydrogen) atoms. The number of ether oxygens (including phenoxy) is 1. The molecular formula is C19H19ClN2O5. The lowest BCUT2D eigenvalue weighted by molar-refractivity contribution is -0.385. The van der Waals surface area contributed by atoms with Crippen molar-refractivity contribution in [1.29, 1.82) is 0 Å². The number of amides is 1. The highest BCUT2D eigenvalue weighted by atomic mass is 35.5. The van der Waals surface area contributed by atoms with Crippen molar-refractivity contribution in [3.8, 4) is 0 Å². The minimum Gasteiger partial charge on any atom is -0.443 e. The molecule has 0 saturated heterocycles. The van der Waals surface area contributed by atoms with Gasteiger partial charge in [0, 0.05) is 29.7 Å². The van der Waals surface area contributed by atoms with Crippen LogP contribution < -0.4 is 0 Å². The second-order valence-electron chi connectivity index (χ2n) is 5.63. The van der Waals surface area contributed by atoms with Crippen molar-refractivity contribution in [1.82, 2.24) is 4.90 Å². The van der Waals surface area contributed by atoms with Gasteiger partial charge in [-0.15, -0.1) is 0 Å². The molecule has 0 bridgehead atoms. The summed E-state index contributed by atoms with van der Waals surface area (Å²) in [6, 6.07) is 12.1. The van der Waals surface area contributed by atoms with E-state index in [1.165, 1.54) is 11.0 Å². The minimum atomic E-state index is -1.21. The number of hydrogen-bond donors (Lipinski definition) is 0. The lowest BCUT2D eigenvalue weighted by Crippen LogP contribution is -2.36. The van der Waals surface area contributed by atoms with Crippen LogP contribution in [-0.4, -0.2) is 34.8 Å². The fourth-order valence-corrected chi connectivity index (χ4v) is 2.76. The van der Waals surface area contributed by atoms with Gasteiger partial charge in [-0.3, -0.25) is 14.9 Å². The van der Waals surface area contributed by atoms with Crippen LogP contribution in [-0.2, 0) is 9.53 Å². The van der Waals surface area contributed by atoms with Crippen molar-refractivity contribution in [2.24, 2.45) is 0 Å². The Labute approximate surface area is 161 Å². The molecule has 8 heteroatoms. The highest BCUT2D eigenvalue weighted by Crippen LogP contribution is 2.27. The molecule has 0 unspecified atom stereocenters. The van der Waals surface area contributed by atoms with Crippen molar-refractivity contribution in [3.63, 3.8) is 0 Å². The van der Waals surface area contributed by atoms with Crippen molar-refractivity contribution < 1.29 is 19.2 Å². The molecule has 0 radical (unpaired) electrons. The summed E-state index contributed by atoms with van der Waals surface area (Å²) < 4.78 is 5.42. The van der Waals surface area contributed by atoms with E-state index in [0.29, 0.717) is 18.7 Å². The van der Waals surface area contributed by atoms with Crippen molar-refractivity contribution in [2.45, 2.75) is 20.0 Å². The number of rotatable bonds is 7. The zero-order valence-electron chi connectivity index (χ0n) is 14.9. The normalized spacial score (nSPS) is 11.5. The van der Waals surface area contributed by atoms with Crippen LogP contribution in [0.3, 0.4) is 0 Å². The molecule has 0 aliphatic carbocycles. The van der Waals surface area contributed by atoms with E-state index in [0.717, 1.165) is 12.1 Å². The highest BCUT2D eigenvalue weighted by molar-refractivity contribution is 6.31. The predicted octanol–water partition coefficient (Wildman–Crippen LogP) is 4.01. The third-order valence-electron chi connectivity index (χ3n) is 4.00. The van der Waals surface area contributed by atoms with E-state index in [-0.39, 0.29) is 10.6 Å². The summed E-state index contributed by atoms with van der Waals surface area (Å²) in [6.45, 7) is 4.50. The van der Waals surface area contributed by atoms with Gasteiger partial charge in [0.05, 0.1) is 4.92 Å². The number of carbonyl (C=O) groups is 2. The quantitative estimate of drug-likeness (QED) is 0.404. The minimum absolute atomic E-state index is 0.152. The fourth-order valence-electron chi connectivity index (χ4n) is 2.59. The second kappa shape index (κ2) is 9.14. The van der Waals surface area contributed by atoms with Gasteiger partial charge >= 0.3 is 5.97 Å². The van der Waals surface area contributed by atoms with Gasteiger partial charge in [-0.1, -0.05) is 41.9 Å². The molecule has 0 aliphatic heterocycles. The van der Waals surface area contributed by atoms with Crippen LogP contribution in [0.25, 0.3) is 0 Å². The molecule has 0 spiro atoms. The summed E-state index contributed by atoms with van der Waals surface area (Å²) in [5.41, 5.74) is -0.264. The molecule has 7 nitrogen and oxygen atoms in total. The topological polar surface area (TPSA) is 89.8 Å². The van der Waals surface area contributed by atoms with Crippen LogP contribution in [0.15, 0.2) is 48.5 Å². The lowest BCUT2D eigenvalue weighted by Gasteiger charge is -2.25. The first kappa shape index (κ1) is 20.4. The maximum Gasteiger partial charge on any atom is 0.346 e. The molecule has 0 saturated carbocycles. The number of benzene rings is 2. The van der Waals surface area contributed by atoms with E-state index in [2.05, 4.69) is 0 Å². The maximum absolute atomic E-state index is 12.8. The van der Waals surface area contributed by atoms with E-state index in [4.69, 9.17) is 16.3 Å².